The van der Waals surface area contributed by atoms with Gasteiger partial charge in [-0.15, -0.1) is 0 Å². The second kappa shape index (κ2) is 4.34. The van der Waals surface area contributed by atoms with E-state index in [2.05, 4.69) is 5.10 Å². The lowest BCUT2D eigenvalue weighted by molar-refractivity contribution is 0.545. The van der Waals surface area contributed by atoms with Gasteiger partial charge in [-0.3, -0.25) is 4.68 Å². The molecule has 0 bridgehead atoms. The van der Waals surface area contributed by atoms with E-state index < -0.39 is 11.6 Å². The number of aryl methyl sites for hydroxylation is 1. The number of rotatable bonds is 2. The lowest BCUT2D eigenvalue weighted by Crippen LogP contribution is -2.01. The summed E-state index contributed by atoms with van der Waals surface area (Å²) in [5.41, 5.74) is 1.27. The number of fused-ring (bicyclic) bond motifs is 1. The van der Waals surface area contributed by atoms with E-state index in [9.17, 15) is 8.78 Å². The first-order chi connectivity index (χ1) is 8.34. The summed E-state index contributed by atoms with van der Waals surface area (Å²) in [6.45, 7) is 7.50. The summed E-state index contributed by atoms with van der Waals surface area (Å²) in [6, 6.07) is 1.41. The van der Waals surface area contributed by atoms with Crippen molar-refractivity contribution in [1.82, 2.24) is 9.78 Å². The zero-order valence-corrected chi connectivity index (χ0v) is 11.4. The van der Waals surface area contributed by atoms with Crippen molar-refractivity contribution >= 4 is 10.9 Å². The van der Waals surface area contributed by atoms with E-state index in [1.54, 1.807) is 20.9 Å². The average Bonchev–Trinajstić information content (AvgIpc) is 2.55. The zero-order chi connectivity index (χ0) is 13.6. The van der Waals surface area contributed by atoms with Gasteiger partial charge in [0.2, 0.25) is 0 Å². The van der Waals surface area contributed by atoms with Crippen LogP contribution in [0.15, 0.2) is 6.07 Å². The maximum atomic E-state index is 14.4. The molecule has 0 aliphatic heterocycles. The van der Waals surface area contributed by atoms with Gasteiger partial charge in [0.25, 0.3) is 0 Å². The number of benzene rings is 1. The Morgan fingerprint density at radius 3 is 2.22 bits per heavy atom. The van der Waals surface area contributed by atoms with E-state index in [1.165, 1.54) is 10.7 Å². The van der Waals surface area contributed by atoms with Crippen molar-refractivity contribution in [2.75, 3.05) is 0 Å². The third-order valence-electron chi connectivity index (χ3n) is 3.21. The smallest absolute Gasteiger partial charge is 0.155 e. The van der Waals surface area contributed by atoms with Gasteiger partial charge in [-0.25, -0.2) is 8.78 Å². The molecule has 0 radical (unpaired) electrons. The van der Waals surface area contributed by atoms with Crippen LogP contribution in [-0.2, 0) is 7.05 Å². The molecule has 0 fully saturated rings. The summed E-state index contributed by atoms with van der Waals surface area (Å²) in [5.74, 6) is -1.02. The maximum Gasteiger partial charge on any atom is 0.155 e. The standard InChI is InChI=1S/C14H18F2N2/c1-7(2)11-10(15)6-9-13(8(3)4)17-18(5)14(9)12(11)16/h6-8H,1-5H3. The van der Waals surface area contributed by atoms with Crippen LogP contribution in [0.5, 0.6) is 0 Å². The fourth-order valence-electron chi connectivity index (χ4n) is 2.36. The lowest BCUT2D eigenvalue weighted by atomic mass is 9.98. The Morgan fingerprint density at radius 1 is 1.11 bits per heavy atom. The van der Waals surface area contributed by atoms with E-state index in [1.807, 2.05) is 13.8 Å². The highest BCUT2D eigenvalue weighted by atomic mass is 19.1. The second-order valence-electron chi connectivity index (χ2n) is 5.30. The summed E-state index contributed by atoms with van der Waals surface area (Å²) in [4.78, 5) is 0. The molecule has 0 atom stereocenters. The van der Waals surface area contributed by atoms with Crippen LogP contribution in [0.2, 0.25) is 0 Å². The molecule has 18 heavy (non-hydrogen) atoms. The normalized spacial score (nSPS) is 12.1. The van der Waals surface area contributed by atoms with Crippen LogP contribution in [0.25, 0.3) is 10.9 Å². The Bertz CT molecular complexity index is 598. The third-order valence-corrected chi connectivity index (χ3v) is 3.21. The van der Waals surface area contributed by atoms with E-state index in [-0.39, 0.29) is 17.4 Å². The molecular weight excluding hydrogens is 234 g/mol. The molecule has 0 saturated heterocycles. The monoisotopic (exact) mass is 252 g/mol. The van der Waals surface area contributed by atoms with Crippen molar-refractivity contribution in [2.45, 2.75) is 39.5 Å². The molecule has 4 heteroatoms. The van der Waals surface area contributed by atoms with Crippen molar-refractivity contribution < 1.29 is 8.78 Å². The molecule has 98 valence electrons. The highest BCUT2D eigenvalue weighted by molar-refractivity contribution is 5.84. The molecule has 0 spiro atoms. The van der Waals surface area contributed by atoms with Crippen molar-refractivity contribution in [2.24, 2.45) is 7.05 Å². The molecule has 0 N–H and O–H groups in total. The van der Waals surface area contributed by atoms with E-state index in [4.69, 9.17) is 0 Å². The summed E-state index contributed by atoms with van der Waals surface area (Å²) >= 11 is 0. The minimum Gasteiger partial charge on any atom is -0.265 e. The van der Waals surface area contributed by atoms with Gasteiger partial charge >= 0.3 is 0 Å². The fraction of sp³-hybridized carbons (Fsp3) is 0.500. The van der Waals surface area contributed by atoms with Crippen molar-refractivity contribution in [3.63, 3.8) is 0 Å². The predicted molar refractivity (Wildman–Crippen MR) is 68.8 cm³/mol. The minimum absolute atomic E-state index is 0.136. The molecule has 2 rings (SSSR count). The first-order valence-corrected chi connectivity index (χ1v) is 6.19. The summed E-state index contributed by atoms with van der Waals surface area (Å²) in [5, 5.41) is 4.88. The lowest BCUT2D eigenvalue weighted by Gasteiger charge is -2.10. The van der Waals surface area contributed by atoms with Crippen LogP contribution in [0, 0.1) is 11.6 Å². The molecular formula is C14H18F2N2. The van der Waals surface area contributed by atoms with E-state index in [0.29, 0.717) is 10.9 Å². The Morgan fingerprint density at radius 2 is 1.72 bits per heavy atom. The minimum atomic E-state index is -0.484. The largest absolute Gasteiger partial charge is 0.265 e. The first-order valence-electron chi connectivity index (χ1n) is 6.19. The van der Waals surface area contributed by atoms with Crippen LogP contribution in [0.4, 0.5) is 8.78 Å². The quantitative estimate of drug-likeness (QED) is 0.786. The Hall–Kier alpha value is -1.45. The second-order valence-corrected chi connectivity index (χ2v) is 5.30. The number of hydrogen-bond donors (Lipinski definition) is 0. The fourth-order valence-corrected chi connectivity index (χ4v) is 2.36. The van der Waals surface area contributed by atoms with Gasteiger partial charge in [0, 0.05) is 18.0 Å². The summed E-state index contributed by atoms with van der Waals surface area (Å²) in [6.07, 6.45) is 0. The number of halogens is 2. The van der Waals surface area contributed by atoms with E-state index >= 15 is 0 Å². The average molecular weight is 252 g/mol. The summed E-state index contributed by atoms with van der Waals surface area (Å²) < 4.78 is 29.9. The van der Waals surface area contributed by atoms with Gasteiger partial charge in [-0.2, -0.15) is 5.10 Å². The zero-order valence-electron chi connectivity index (χ0n) is 11.4. The highest BCUT2D eigenvalue weighted by Crippen LogP contribution is 2.32. The summed E-state index contributed by atoms with van der Waals surface area (Å²) in [7, 11) is 1.69. The first kappa shape index (κ1) is 13.0. The van der Waals surface area contributed by atoms with Gasteiger partial charge in [0.1, 0.15) is 11.3 Å². The van der Waals surface area contributed by atoms with Gasteiger partial charge < -0.3 is 0 Å². The van der Waals surface area contributed by atoms with Crippen molar-refractivity contribution in [1.29, 1.82) is 0 Å². The molecule has 0 amide bonds. The van der Waals surface area contributed by atoms with Crippen LogP contribution in [0.1, 0.15) is 50.8 Å². The van der Waals surface area contributed by atoms with Crippen molar-refractivity contribution in [3.8, 4) is 0 Å². The number of aromatic nitrogens is 2. The predicted octanol–water partition coefficient (Wildman–Crippen LogP) is 4.10. The van der Waals surface area contributed by atoms with Gasteiger partial charge in [0.05, 0.1) is 5.69 Å². The van der Waals surface area contributed by atoms with Crippen LogP contribution >= 0.6 is 0 Å². The highest BCUT2D eigenvalue weighted by Gasteiger charge is 2.22. The molecule has 0 aliphatic carbocycles. The molecule has 2 nitrogen and oxygen atoms in total. The molecule has 2 aromatic rings. The molecule has 0 unspecified atom stereocenters. The molecule has 0 aliphatic rings. The van der Waals surface area contributed by atoms with Crippen LogP contribution < -0.4 is 0 Å². The topological polar surface area (TPSA) is 17.8 Å². The molecule has 1 aromatic carbocycles. The third kappa shape index (κ3) is 1.80. The van der Waals surface area contributed by atoms with Gasteiger partial charge in [0.15, 0.2) is 5.82 Å². The number of nitrogens with zero attached hydrogens (tertiary/aromatic N) is 2. The molecule has 0 saturated carbocycles. The van der Waals surface area contributed by atoms with Crippen LogP contribution in [0.3, 0.4) is 0 Å². The van der Waals surface area contributed by atoms with Crippen molar-refractivity contribution in [3.05, 3.63) is 29.0 Å². The molecule has 1 heterocycles. The molecule has 1 aromatic heterocycles. The number of hydrogen-bond acceptors (Lipinski definition) is 1. The Labute approximate surface area is 106 Å². The van der Waals surface area contributed by atoms with Gasteiger partial charge in [-0.1, -0.05) is 27.7 Å². The Balaban J connectivity index is 2.88. The van der Waals surface area contributed by atoms with E-state index in [0.717, 1.165) is 5.69 Å². The SMILES string of the molecule is CC(C)c1c(F)cc2c(C(C)C)nn(C)c2c1F. The van der Waals surface area contributed by atoms with Gasteiger partial charge in [-0.05, 0) is 17.9 Å². The Kier molecular flexibility index (Phi) is 3.13. The maximum absolute atomic E-state index is 14.4. The van der Waals surface area contributed by atoms with Crippen LogP contribution in [-0.4, -0.2) is 9.78 Å².